The molecule has 26 heavy (non-hydrogen) atoms. The molecule has 0 unspecified atom stereocenters. The summed E-state index contributed by atoms with van der Waals surface area (Å²) in [7, 11) is -2.27. The van der Waals surface area contributed by atoms with E-state index in [4.69, 9.17) is 4.74 Å². The number of hydrogen-bond donors (Lipinski definition) is 1. The lowest BCUT2D eigenvalue weighted by Gasteiger charge is -2.29. The number of anilines is 2. The van der Waals surface area contributed by atoms with Crippen molar-refractivity contribution in [1.29, 1.82) is 0 Å². The molecule has 0 heterocycles. The molecular formula is C18H21BrN2O4S. The Balaban J connectivity index is 2.39. The van der Waals surface area contributed by atoms with E-state index in [1.54, 1.807) is 36.4 Å². The SMILES string of the molecule is COc1ccc(C)cc1N([C@H](C)C(=O)Nc1ccc(Br)cc1)S(C)(=O)=O. The van der Waals surface area contributed by atoms with Crippen molar-refractivity contribution in [3.8, 4) is 5.75 Å². The topological polar surface area (TPSA) is 75.7 Å². The maximum absolute atomic E-state index is 12.7. The number of benzene rings is 2. The lowest BCUT2D eigenvalue weighted by molar-refractivity contribution is -0.116. The van der Waals surface area contributed by atoms with E-state index in [0.717, 1.165) is 20.6 Å². The fourth-order valence-electron chi connectivity index (χ4n) is 2.53. The molecule has 0 spiro atoms. The minimum absolute atomic E-state index is 0.327. The Morgan fingerprint density at radius 1 is 1.19 bits per heavy atom. The van der Waals surface area contributed by atoms with Crippen molar-refractivity contribution < 1.29 is 17.9 Å². The molecule has 2 aromatic carbocycles. The van der Waals surface area contributed by atoms with Crippen LogP contribution in [0.1, 0.15) is 12.5 Å². The summed E-state index contributed by atoms with van der Waals surface area (Å²) in [5, 5.41) is 2.74. The van der Waals surface area contributed by atoms with Crippen LogP contribution in [0.4, 0.5) is 11.4 Å². The van der Waals surface area contributed by atoms with E-state index < -0.39 is 22.0 Å². The zero-order chi connectivity index (χ0) is 19.5. The number of methoxy groups -OCH3 is 1. The molecule has 0 aromatic heterocycles. The van der Waals surface area contributed by atoms with Gasteiger partial charge in [0.1, 0.15) is 11.8 Å². The van der Waals surface area contributed by atoms with Crippen LogP contribution in [0.3, 0.4) is 0 Å². The number of nitrogens with one attached hydrogen (secondary N) is 1. The van der Waals surface area contributed by atoms with E-state index in [0.29, 0.717) is 17.1 Å². The van der Waals surface area contributed by atoms with Crippen molar-refractivity contribution in [1.82, 2.24) is 0 Å². The Bertz CT molecular complexity index is 898. The molecule has 0 radical (unpaired) electrons. The van der Waals surface area contributed by atoms with E-state index in [1.165, 1.54) is 14.0 Å². The molecule has 140 valence electrons. The molecule has 1 amide bonds. The van der Waals surface area contributed by atoms with Crippen molar-refractivity contribution in [3.05, 3.63) is 52.5 Å². The van der Waals surface area contributed by atoms with Gasteiger partial charge in [-0.05, 0) is 55.8 Å². The normalized spacial score (nSPS) is 12.3. The summed E-state index contributed by atoms with van der Waals surface area (Å²) < 4.78 is 32.1. The molecule has 0 aliphatic carbocycles. The van der Waals surface area contributed by atoms with Crippen LogP contribution in [0.15, 0.2) is 46.9 Å². The van der Waals surface area contributed by atoms with Gasteiger partial charge in [-0.1, -0.05) is 22.0 Å². The highest BCUT2D eigenvalue weighted by molar-refractivity contribution is 9.10. The summed E-state index contributed by atoms with van der Waals surface area (Å²) in [5.74, 6) is -0.0642. The predicted octanol–water partition coefficient (Wildman–Crippen LogP) is 3.56. The lowest BCUT2D eigenvalue weighted by atomic mass is 10.2. The van der Waals surface area contributed by atoms with Crippen LogP contribution in [0.5, 0.6) is 5.75 Å². The molecule has 2 rings (SSSR count). The van der Waals surface area contributed by atoms with Gasteiger partial charge >= 0.3 is 0 Å². The molecule has 8 heteroatoms. The molecule has 0 aliphatic rings. The van der Waals surface area contributed by atoms with Crippen LogP contribution in [0, 0.1) is 6.92 Å². The molecule has 0 bridgehead atoms. The molecule has 0 saturated heterocycles. The molecular weight excluding hydrogens is 420 g/mol. The molecule has 0 saturated carbocycles. The first-order valence-electron chi connectivity index (χ1n) is 7.84. The van der Waals surface area contributed by atoms with Crippen molar-refractivity contribution in [3.63, 3.8) is 0 Å². The summed E-state index contributed by atoms with van der Waals surface area (Å²) >= 11 is 3.33. The number of carbonyl (C=O) groups is 1. The molecule has 2 aromatic rings. The van der Waals surface area contributed by atoms with Gasteiger partial charge in [-0.25, -0.2) is 8.42 Å². The third-order valence-corrected chi connectivity index (χ3v) is 5.53. The summed E-state index contributed by atoms with van der Waals surface area (Å²) in [6, 6.07) is 11.3. The maximum atomic E-state index is 12.7. The van der Waals surface area contributed by atoms with Crippen LogP contribution in [0.2, 0.25) is 0 Å². The fourth-order valence-corrected chi connectivity index (χ4v) is 3.97. The van der Waals surface area contributed by atoms with Crippen molar-refractivity contribution in [2.45, 2.75) is 19.9 Å². The minimum Gasteiger partial charge on any atom is -0.495 e. The van der Waals surface area contributed by atoms with E-state index in [2.05, 4.69) is 21.2 Å². The monoisotopic (exact) mass is 440 g/mol. The number of ether oxygens (including phenoxy) is 1. The van der Waals surface area contributed by atoms with Gasteiger partial charge in [0.25, 0.3) is 0 Å². The summed E-state index contributed by atoms with van der Waals surface area (Å²) in [4.78, 5) is 12.7. The van der Waals surface area contributed by atoms with Gasteiger partial charge in [0, 0.05) is 10.2 Å². The van der Waals surface area contributed by atoms with Crippen LogP contribution >= 0.6 is 15.9 Å². The number of amides is 1. The second-order valence-corrected chi connectivity index (χ2v) is 8.68. The number of hydrogen-bond acceptors (Lipinski definition) is 4. The summed E-state index contributed by atoms with van der Waals surface area (Å²) in [6.45, 7) is 3.38. The van der Waals surface area contributed by atoms with Gasteiger partial charge in [-0.15, -0.1) is 0 Å². The first-order chi connectivity index (χ1) is 12.1. The quantitative estimate of drug-likeness (QED) is 0.744. The van der Waals surface area contributed by atoms with Crippen molar-refractivity contribution in [2.75, 3.05) is 23.0 Å². The Kier molecular flexibility index (Phi) is 6.30. The smallest absolute Gasteiger partial charge is 0.247 e. The summed E-state index contributed by atoms with van der Waals surface area (Å²) in [6.07, 6.45) is 1.07. The highest BCUT2D eigenvalue weighted by atomic mass is 79.9. The molecule has 1 N–H and O–H groups in total. The van der Waals surface area contributed by atoms with Gasteiger partial charge in [-0.3, -0.25) is 9.10 Å². The first-order valence-corrected chi connectivity index (χ1v) is 10.5. The van der Waals surface area contributed by atoms with Crippen LogP contribution in [-0.4, -0.2) is 33.7 Å². The molecule has 6 nitrogen and oxygen atoms in total. The average Bonchev–Trinajstić information content (AvgIpc) is 2.56. The minimum atomic E-state index is -3.73. The van der Waals surface area contributed by atoms with E-state index in [9.17, 15) is 13.2 Å². The van der Waals surface area contributed by atoms with Gasteiger partial charge in [0.2, 0.25) is 15.9 Å². The number of halogens is 1. The fraction of sp³-hybridized carbons (Fsp3) is 0.278. The van der Waals surface area contributed by atoms with Gasteiger partial charge in [0.15, 0.2) is 0 Å². The van der Waals surface area contributed by atoms with E-state index in [1.807, 2.05) is 13.0 Å². The molecule has 0 aliphatic heterocycles. The second kappa shape index (κ2) is 8.09. The lowest BCUT2D eigenvalue weighted by Crippen LogP contribution is -2.45. The highest BCUT2D eigenvalue weighted by Crippen LogP contribution is 2.32. The Morgan fingerprint density at radius 3 is 2.35 bits per heavy atom. The summed E-state index contributed by atoms with van der Waals surface area (Å²) in [5.41, 5.74) is 1.76. The average molecular weight is 441 g/mol. The third kappa shape index (κ3) is 4.76. The van der Waals surface area contributed by atoms with Crippen LogP contribution < -0.4 is 14.4 Å². The van der Waals surface area contributed by atoms with Crippen LogP contribution in [-0.2, 0) is 14.8 Å². The number of nitrogens with zero attached hydrogens (tertiary/aromatic N) is 1. The second-order valence-electron chi connectivity index (χ2n) is 5.91. The zero-order valence-electron chi connectivity index (χ0n) is 15.0. The maximum Gasteiger partial charge on any atom is 0.247 e. The Hall–Kier alpha value is -2.06. The van der Waals surface area contributed by atoms with E-state index in [-0.39, 0.29) is 0 Å². The van der Waals surface area contributed by atoms with Gasteiger partial charge < -0.3 is 10.1 Å². The highest BCUT2D eigenvalue weighted by Gasteiger charge is 2.31. The van der Waals surface area contributed by atoms with Crippen LogP contribution in [0.25, 0.3) is 0 Å². The zero-order valence-corrected chi connectivity index (χ0v) is 17.4. The first kappa shape index (κ1) is 20.3. The van der Waals surface area contributed by atoms with Gasteiger partial charge in [-0.2, -0.15) is 0 Å². The van der Waals surface area contributed by atoms with Crippen molar-refractivity contribution >= 4 is 43.2 Å². The standard InChI is InChI=1S/C18H21BrN2O4S/c1-12-5-10-17(25-3)16(11-12)21(26(4,23)24)13(2)18(22)20-15-8-6-14(19)7-9-15/h5-11,13H,1-4H3,(H,20,22)/t13-/m1/s1. The van der Waals surface area contributed by atoms with Gasteiger partial charge in [0.05, 0.1) is 19.1 Å². The Labute approximate surface area is 162 Å². The Morgan fingerprint density at radius 2 is 1.81 bits per heavy atom. The largest absolute Gasteiger partial charge is 0.495 e. The molecule has 0 fully saturated rings. The molecule has 1 atom stereocenters. The third-order valence-electron chi connectivity index (χ3n) is 3.77. The number of rotatable bonds is 6. The van der Waals surface area contributed by atoms with Crippen molar-refractivity contribution in [2.24, 2.45) is 0 Å². The number of carbonyl (C=O) groups excluding carboxylic acids is 1. The van der Waals surface area contributed by atoms with E-state index >= 15 is 0 Å². The predicted molar refractivity (Wildman–Crippen MR) is 107 cm³/mol. The number of aryl methyl sites for hydroxylation is 1. The number of sulfonamides is 1.